The fourth-order valence-corrected chi connectivity index (χ4v) is 6.94. The van der Waals surface area contributed by atoms with Crippen molar-refractivity contribution in [3.8, 4) is 5.75 Å². The van der Waals surface area contributed by atoms with Crippen molar-refractivity contribution in [3.05, 3.63) is 83.2 Å². The number of allylic oxidation sites excluding steroid dienone is 1. The molecule has 3 fully saturated rings. The van der Waals surface area contributed by atoms with E-state index in [-0.39, 0.29) is 5.78 Å². The van der Waals surface area contributed by atoms with Crippen LogP contribution in [0.3, 0.4) is 0 Å². The number of ketones is 1. The molecule has 9 nitrogen and oxygen atoms in total. The molecule has 0 spiro atoms. The lowest BCUT2D eigenvalue weighted by molar-refractivity contribution is -0.00869. The summed E-state index contributed by atoms with van der Waals surface area (Å²) in [6.45, 7) is 7.86. The number of aryl methyl sites for hydroxylation is 2. The number of hydrogen-bond acceptors (Lipinski definition) is 8. The first-order valence-corrected chi connectivity index (χ1v) is 15.1. The highest BCUT2D eigenvalue weighted by Crippen LogP contribution is 2.22. The molecule has 10 heteroatoms. The van der Waals surface area contributed by atoms with Gasteiger partial charge in [-0.3, -0.25) is 14.4 Å². The molecule has 3 aromatic rings. The molecule has 3 aliphatic heterocycles. The van der Waals surface area contributed by atoms with Crippen molar-refractivity contribution in [3.63, 3.8) is 0 Å². The predicted octanol–water partition coefficient (Wildman–Crippen LogP) is 3.77. The molecular formula is C28H34N4O5Si. The quantitative estimate of drug-likeness (QED) is 0.221. The summed E-state index contributed by atoms with van der Waals surface area (Å²) in [6, 6.07) is 15.9. The monoisotopic (exact) mass is 534 g/mol. The smallest absolute Gasteiger partial charge is 0.487 e. The van der Waals surface area contributed by atoms with E-state index >= 15 is 0 Å². The van der Waals surface area contributed by atoms with Crippen LogP contribution in [0, 0.1) is 6.92 Å². The molecule has 0 radical (unpaired) electrons. The summed E-state index contributed by atoms with van der Waals surface area (Å²) in [4.78, 5) is 14.8. The van der Waals surface area contributed by atoms with E-state index in [1.807, 2.05) is 48.1 Å². The average Bonchev–Trinajstić information content (AvgIpc) is 3.35. The van der Waals surface area contributed by atoms with E-state index in [2.05, 4.69) is 15.2 Å². The van der Waals surface area contributed by atoms with Crippen LogP contribution in [0.1, 0.15) is 33.6 Å². The molecule has 0 aliphatic carbocycles. The van der Waals surface area contributed by atoms with Gasteiger partial charge in [0.1, 0.15) is 18.1 Å². The summed E-state index contributed by atoms with van der Waals surface area (Å²) < 4.78 is 26.0. The fourth-order valence-electron chi connectivity index (χ4n) is 4.46. The minimum Gasteiger partial charge on any atom is -0.487 e. The van der Waals surface area contributed by atoms with Gasteiger partial charge in [0.2, 0.25) is 0 Å². The molecule has 0 saturated carbocycles. The van der Waals surface area contributed by atoms with Gasteiger partial charge in [0.05, 0.1) is 26.0 Å². The Morgan fingerprint density at radius 3 is 2.37 bits per heavy atom. The van der Waals surface area contributed by atoms with Crippen LogP contribution in [0.5, 0.6) is 5.75 Å². The average molecular weight is 535 g/mol. The first-order chi connectivity index (χ1) is 18.6. The standard InChI is InChI=1S/C28H34N4O5Si/c1-23-3-5-24(6-4-23)7-12-28(33)25-8-10-27(11-9-25)34-22-26-21-32(30-29-26)13-2-20-38-35-17-14-31(15-18-36-38)16-19-37-38/h3-12,21H,2,13-20,22H2,1H3/b12-7+. The molecule has 38 heavy (non-hydrogen) atoms. The number of carbonyl (C=O) groups excluding carboxylic acids is 1. The number of hydrogen-bond donors (Lipinski definition) is 0. The molecule has 0 atom stereocenters. The summed E-state index contributed by atoms with van der Waals surface area (Å²) in [7, 11) is -2.61. The molecule has 0 unspecified atom stereocenters. The highest BCUT2D eigenvalue weighted by molar-refractivity contribution is 6.60. The van der Waals surface area contributed by atoms with E-state index in [4.69, 9.17) is 18.0 Å². The van der Waals surface area contributed by atoms with Crippen molar-refractivity contribution in [1.29, 1.82) is 0 Å². The molecule has 4 heterocycles. The van der Waals surface area contributed by atoms with Crippen LogP contribution in [-0.4, -0.2) is 73.9 Å². The van der Waals surface area contributed by atoms with Gasteiger partial charge in [-0.1, -0.05) is 41.1 Å². The Labute approximate surface area is 224 Å². The topological polar surface area (TPSA) is 87.9 Å². The molecule has 6 rings (SSSR count). The van der Waals surface area contributed by atoms with Gasteiger partial charge in [-0.2, -0.15) is 0 Å². The number of rotatable bonds is 10. The van der Waals surface area contributed by atoms with Gasteiger partial charge in [-0.05, 0) is 49.2 Å². The Bertz CT molecular complexity index is 1200. The minimum absolute atomic E-state index is 0.0512. The maximum Gasteiger partial charge on any atom is 0.501 e. The second-order valence-electron chi connectivity index (χ2n) is 9.57. The van der Waals surface area contributed by atoms with Crippen molar-refractivity contribution < 1.29 is 22.8 Å². The van der Waals surface area contributed by atoms with Gasteiger partial charge in [-0.15, -0.1) is 5.10 Å². The van der Waals surface area contributed by atoms with E-state index in [9.17, 15) is 4.79 Å². The Morgan fingerprint density at radius 1 is 1.00 bits per heavy atom. The molecule has 0 N–H and O–H groups in total. The lowest BCUT2D eigenvalue weighted by Crippen LogP contribution is -2.55. The van der Waals surface area contributed by atoms with Gasteiger partial charge < -0.3 is 18.0 Å². The number of nitrogens with zero attached hydrogens (tertiary/aromatic N) is 4. The summed E-state index contributed by atoms with van der Waals surface area (Å²) in [5.74, 6) is 0.618. The van der Waals surface area contributed by atoms with Crippen molar-refractivity contribution in [2.75, 3.05) is 39.5 Å². The van der Waals surface area contributed by atoms with Crippen molar-refractivity contribution in [2.45, 2.75) is 32.5 Å². The second kappa shape index (κ2) is 12.6. The summed E-state index contributed by atoms with van der Waals surface area (Å²) in [6.07, 6.45) is 6.15. The molecule has 200 valence electrons. The van der Waals surface area contributed by atoms with Crippen molar-refractivity contribution in [2.24, 2.45) is 0 Å². The third-order valence-electron chi connectivity index (χ3n) is 6.67. The lowest BCUT2D eigenvalue weighted by atomic mass is 10.1. The normalized spacial score (nSPS) is 21.7. The third-order valence-corrected chi connectivity index (χ3v) is 9.57. The van der Waals surface area contributed by atoms with Crippen molar-refractivity contribution in [1.82, 2.24) is 19.9 Å². The van der Waals surface area contributed by atoms with Crippen LogP contribution in [0.15, 0.2) is 60.8 Å². The first-order valence-electron chi connectivity index (χ1n) is 13.1. The zero-order chi connectivity index (χ0) is 26.2. The van der Waals surface area contributed by atoms with E-state index in [1.165, 1.54) is 5.56 Å². The minimum atomic E-state index is -2.61. The maximum atomic E-state index is 12.5. The van der Waals surface area contributed by atoms with Crippen LogP contribution < -0.4 is 4.74 Å². The van der Waals surface area contributed by atoms with Crippen LogP contribution in [0.2, 0.25) is 6.04 Å². The highest BCUT2D eigenvalue weighted by atomic mass is 28.4. The van der Waals surface area contributed by atoms with Crippen LogP contribution in [0.4, 0.5) is 0 Å². The van der Waals surface area contributed by atoms with Crippen LogP contribution >= 0.6 is 0 Å². The number of carbonyl (C=O) groups is 1. The molecule has 3 saturated heterocycles. The zero-order valence-corrected chi connectivity index (χ0v) is 22.8. The van der Waals surface area contributed by atoms with Gasteiger partial charge >= 0.3 is 8.80 Å². The number of benzene rings is 2. The van der Waals surface area contributed by atoms with E-state index < -0.39 is 8.80 Å². The lowest BCUT2D eigenvalue weighted by Gasteiger charge is -2.38. The Kier molecular flexibility index (Phi) is 8.77. The fraction of sp³-hybridized carbons (Fsp3) is 0.393. The van der Waals surface area contributed by atoms with Gasteiger partial charge in [0, 0.05) is 37.8 Å². The predicted molar refractivity (Wildman–Crippen MR) is 145 cm³/mol. The number of ether oxygens (including phenoxy) is 1. The third kappa shape index (κ3) is 7.24. The largest absolute Gasteiger partial charge is 0.501 e. The van der Waals surface area contributed by atoms with E-state index in [0.29, 0.717) is 44.3 Å². The molecule has 2 bridgehead atoms. The Hall–Kier alpha value is -3.15. The highest BCUT2D eigenvalue weighted by Gasteiger charge is 2.43. The summed E-state index contributed by atoms with van der Waals surface area (Å²) in [5.41, 5.74) is 3.53. The van der Waals surface area contributed by atoms with Crippen LogP contribution in [-0.2, 0) is 26.4 Å². The summed E-state index contributed by atoms with van der Waals surface area (Å²) >= 11 is 0. The molecule has 1 aromatic heterocycles. The second-order valence-corrected chi connectivity index (χ2v) is 12.3. The zero-order valence-electron chi connectivity index (χ0n) is 21.8. The van der Waals surface area contributed by atoms with E-state index in [0.717, 1.165) is 43.4 Å². The van der Waals surface area contributed by atoms with Gasteiger partial charge in [0.15, 0.2) is 5.78 Å². The summed E-state index contributed by atoms with van der Waals surface area (Å²) in [5, 5.41) is 8.45. The molecule has 3 aliphatic rings. The van der Waals surface area contributed by atoms with Crippen molar-refractivity contribution >= 4 is 20.7 Å². The van der Waals surface area contributed by atoms with Crippen LogP contribution in [0.25, 0.3) is 6.08 Å². The Balaban J connectivity index is 1.07. The van der Waals surface area contributed by atoms with E-state index in [1.54, 1.807) is 30.3 Å². The van der Waals surface area contributed by atoms with Gasteiger partial charge in [-0.25, -0.2) is 0 Å². The van der Waals surface area contributed by atoms with Gasteiger partial charge in [0.25, 0.3) is 0 Å². The molecular weight excluding hydrogens is 500 g/mol. The number of fused-ring (bicyclic) bond motifs is 6. The number of aromatic nitrogens is 3. The molecule has 0 amide bonds. The maximum absolute atomic E-state index is 12.5. The SMILES string of the molecule is Cc1ccc(/C=C/C(=O)c2ccc(OCc3cn(CCC[Si]45OCCN(CCO4)CCO5)nn3)cc2)cc1. The Morgan fingerprint density at radius 2 is 1.68 bits per heavy atom. The molecule has 2 aromatic carbocycles. The first kappa shape index (κ1) is 26.5.